The Morgan fingerprint density at radius 1 is 1.14 bits per heavy atom. The third-order valence-corrected chi connectivity index (χ3v) is 5.04. The van der Waals surface area contributed by atoms with E-state index in [1.807, 2.05) is 19.1 Å². The zero-order chi connectivity index (χ0) is 19.6. The quantitative estimate of drug-likeness (QED) is 0.597. The minimum absolute atomic E-state index is 0. The zero-order valence-corrected chi connectivity index (χ0v) is 19.0. The Labute approximate surface area is 185 Å². The van der Waals surface area contributed by atoms with Crippen LogP contribution in [0.15, 0.2) is 24.3 Å². The van der Waals surface area contributed by atoms with Gasteiger partial charge in [0.15, 0.2) is 0 Å². The molecule has 5 nitrogen and oxygen atoms in total. The van der Waals surface area contributed by atoms with Crippen LogP contribution >= 0.6 is 24.8 Å². The highest BCUT2D eigenvalue weighted by atomic mass is 35.5. The molecule has 3 rings (SSSR count). The molecule has 0 bridgehead atoms. The van der Waals surface area contributed by atoms with Crippen molar-refractivity contribution in [3.05, 3.63) is 46.8 Å². The molecule has 0 saturated heterocycles. The van der Waals surface area contributed by atoms with Gasteiger partial charge in [0, 0.05) is 30.3 Å². The number of anilines is 1. The molecule has 1 fully saturated rings. The third kappa shape index (κ3) is 5.92. The number of hydrogen-bond acceptors (Lipinski definition) is 4. The Kier molecular flexibility index (Phi) is 9.56. The number of rotatable bonds is 7. The van der Waals surface area contributed by atoms with Gasteiger partial charge in [0.1, 0.15) is 0 Å². The average molecular weight is 439 g/mol. The lowest BCUT2D eigenvalue weighted by Crippen LogP contribution is -2.18. The largest absolute Gasteiger partial charge is 0.326 e. The average Bonchev–Trinajstić information content (AvgIpc) is 3.48. The maximum Gasteiger partial charge on any atom is 0.227 e. The summed E-state index contributed by atoms with van der Waals surface area (Å²) in [7, 11) is 0. The zero-order valence-electron chi connectivity index (χ0n) is 17.3. The number of aromatic nitrogens is 1. The Hall–Kier alpha value is -1.66. The molecule has 0 unspecified atom stereocenters. The smallest absolute Gasteiger partial charge is 0.227 e. The molecule has 0 aliphatic heterocycles. The monoisotopic (exact) mass is 438 g/mol. The molecule has 7 heteroatoms. The molecule has 1 aromatic carbocycles. The molecule has 29 heavy (non-hydrogen) atoms. The fraction of sp³-hybridized carbons (Fsp3) is 0.455. The van der Waals surface area contributed by atoms with E-state index in [2.05, 4.69) is 31.3 Å². The molecule has 0 radical (unpaired) electrons. The Morgan fingerprint density at radius 3 is 2.24 bits per heavy atom. The van der Waals surface area contributed by atoms with Crippen molar-refractivity contribution < 1.29 is 4.79 Å². The summed E-state index contributed by atoms with van der Waals surface area (Å²) in [5.74, 6) is 0.689. The molecular formula is C22H32Cl2N4O. The van der Waals surface area contributed by atoms with Crippen LogP contribution in [0.1, 0.15) is 49.2 Å². The number of benzene rings is 1. The summed E-state index contributed by atoms with van der Waals surface area (Å²) in [5, 5.41) is 3.14. The van der Waals surface area contributed by atoms with Gasteiger partial charge >= 0.3 is 0 Å². The van der Waals surface area contributed by atoms with E-state index in [9.17, 15) is 4.79 Å². The van der Waals surface area contributed by atoms with Crippen LogP contribution in [0.3, 0.4) is 0 Å². The fourth-order valence-corrected chi connectivity index (χ4v) is 3.43. The van der Waals surface area contributed by atoms with Gasteiger partial charge in [0.25, 0.3) is 0 Å². The highest BCUT2D eigenvalue weighted by Gasteiger charge is 2.31. The molecule has 0 spiro atoms. The molecule has 1 saturated carbocycles. The normalized spacial score (nSPS) is 12.9. The summed E-state index contributed by atoms with van der Waals surface area (Å²) in [6, 6.07) is 8.17. The minimum atomic E-state index is 0. The summed E-state index contributed by atoms with van der Waals surface area (Å²) in [5.41, 5.74) is 18.7. The van der Waals surface area contributed by atoms with Crippen molar-refractivity contribution in [3.63, 3.8) is 0 Å². The number of nitrogens with one attached hydrogen (secondary N) is 1. The van der Waals surface area contributed by atoms with E-state index < -0.39 is 0 Å². The van der Waals surface area contributed by atoms with Crippen LogP contribution in [0.2, 0.25) is 0 Å². The van der Waals surface area contributed by atoms with E-state index in [1.165, 1.54) is 0 Å². The Morgan fingerprint density at radius 2 is 1.76 bits per heavy atom. The van der Waals surface area contributed by atoms with Crippen molar-refractivity contribution in [1.82, 2.24) is 4.98 Å². The number of aryl methyl sites for hydroxylation is 1. The Bertz CT molecular complexity index is 834. The van der Waals surface area contributed by atoms with Crippen molar-refractivity contribution >= 4 is 36.4 Å². The van der Waals surface area contributed by atoms with Gasteiger partial charge in [-0.2, -0.15) is 0 Å². The molecule has 1 aliphatic carbocycles. The topological polar surface area (TPSA) is 94.0 Å². The first-order valence-electron chi connectivity index (χ1n) is 9.77. The first-order chi connectivity index (χ1) is 12.9. The second kappa shape index (κ2) is 10.9. The number of nitrogens with two attached hydrogens (primary N) is 2. The highest BCUT2D eigenvalue weighted by Crippen LogP contribution is 2.38. The number of carbonyl (C=O) groups excluding carboxylic acids is 1. The molecule has 1 aliphatic rings. The summed E-state index contributed by atoms with van der Waals surface area (Å²) >= 11 is 0. The second-order valence-electron chi connectivity index (χ2n) is 7.84. The van der Waals surface area contributed by atoms with Gasteiger partial charge in [-0.1, -0.05) is 38.1 Å². The lowest BCUT2D eigenvalue weighted by atomic mass is 9.92. The van der Waals surface area contributed by atoms with Gasteiger partial charge in [-0.15, -0.1) is 24.8 Å². The van der Waals surface area contributed by atoms with Crippen LogP contribution in [0, 0.1) is 18.8 Å². The van der Waals surface area contributed by atoms with Gasteiger partial charge in [0.05, 0.1) is 11.4 Å². The van der Waals surface area contributed by atoms with Crippen LogP contribution in [-0.4, -0.2) is 10.9 Å². The molecule has 0 atom stereocenters. The second-order valence-corrected chi connectivity index (χ2v) is 7.84. The van der Waals surface area contributed by atoms with E-state index >= 15 is 0 Å². The van der Waals surface area contributed by atoms with Gasteiger partial charge in [-0.25, -0.2) is 0 Å². The molecule has 5 N–H and O–H groups in total. The molecule has 1 heterocycles. The molecule has 2 aromatic rings. The van der Waals surface area contributed by atoms with Gasteiger partial charge in [-0.3, -0.25) is 9.78 Å². The molecule has 160 valence electrons. The van der Waals surface area contributed by atoms with Gasteiger partial charge < -0.3 is 16.8 Å². The van der Waals surface area contributed by atoms with Crippen molar-refractivity contribution in [2.75, 3.05) is 5.32 Å². The lowest BCUT2D eigenvalue weighted by molar-refractivity contribution is -0.117. The number of halogens is 2. The SMILES string of the molecule is Cc1nc(CC(C)C)c(CN)c(-c2ccc(CN)cc2)c1NC(=O)C1CC1.Cl.Cl. The van der Waals surface area contributed by atoms with Crippen molar-refractivity contribution in [2.24, 2.45) is 23.3 Å². The van der Waals surface area contributed by atoms with Gasteiger partial charge in [0.2, 0.25) is 5.91 Å². The van der Waals surface area contributed by atoms with Gasteiger partial charge in [-0.05, 0) is 48.8 Å². The summed E-state index contributed by atoms with van der Waals surface area (Å²) in [6.45, 7) is 7.20. The van der Waals surface area contributed by atoms with E-state index in [0.29, 0.717) is 19.0 Å². The standard InChI is InChI=1S/C22H30N4O.2ClH/c1-13(2)10-19-18(12-24)20(16-6-4-15(11-23)5-7-16)21(14(3)25-19)26-22(27)17-8-9-17;;/h4-7,13,17H,8-12,23-24H2,1-3H3,(H,26,27);2*1H. The Balaban J connectivity index is 0.00000210. The van der Waals surface area contributed by atoms with Crippen LogP contribution in [0.5, 0.6) is 0 Å². The predicted octanol–water partition coefficient (Wildman–Crippen LogP) is 4.37. The molecule has 1 aromatic heterocycles. The van der Waals surface area contributed by atoms with Crippen LogP contribution in [-0.2, 0) is 24.3 Å². The predicted molar refractivity (Wildman–Crippen MR) is 125 cm³/mol. The van der Waals surface area contributed by atoms with Crippen LogP contribution in [0.25, 0.3) is 11.1 Å². The van der Waals surface area contributed by atoms with E-state index in [1.54, 1.807) is 0 Å². The summed E-state index contributed by atoms with van der Waals surface area (Å²) in [6.07, 6.45) is 2.79. The third-order valence-electron chi connectivity index (χ3n) is 5.04. The van der Waals surface area contributed by atoms with Crippen molar-refractivity contribution in [3.8, 4) is 11.1 Å². The van der Waals surface area contributed by atoms with Crippen molar-refractivity contribution in [2.45, 2.75) is 53.1 Å². The van der Waals surface area contributed by atoms with E-state index in [0.717, 1.165) is 58.6 Å². The first-order valence-corrected chi connectivity index (χ1v) is 9.77. The minimum Gasteiger partial charge on any atom is -0.326 e. The number of carbonyl (C=O) groups is 1. The van der Waals surface area contributed by atoms with Crippen LogP contribution in [0.4, 0.5) is 5.69 Å². The number of hydrogen-bond donors (Lipinski definition) is 3. The maximum atomic E-state index is 12.5. The van der Waals surface area contributed by atoms with Crippen LogP contribution < -0.4 is 16.8 Å². The first kappa shape index (κ1) is 25.4. The van der Waals surface area contributed by atoms with Crippen molar-refractivity contribution in [1.29, 1.82) is 0 Å². The molecular weight excluding hydrogens is 407 g/mol. The van der Waals surface area contributed by atoms with E-state index in [4.69, 9.17) is 16.5 Å². The fourth-order valence-electron chi connectivity index (χ4n) is 3.43. The summed E-state index contributed by atoms with van der Waals surface area (Å²) in [4.78, 5) is 17.3. The number of nitrogens with zero attached hydrogens (tertiary/aromatic N) is 1. The lowest BCUT2D eigenvalue weighted by Gasteiger charge is -2.21. The highest BCUT2D eigenvalue weighted by molar-refractivity contribution is 5.99. The number of pyridine rings is 1. The summed E-state index contributed by atoms with van der Waals surface area (Å²) < 4.78 is 0. The molecule has 1 amide bonds. The maximum absolute atomic E-state index is 12.5. The number of amides is 1. The van der Waals surface area contributed by atoms with E-state index in [-0.39, 0.29) is 36.6 Å².